The van der Waals surface area contributed by atoms with Crippen LogP contribution in [-0.2, 0) is 4.79 Å². The highest BCUT2D eigenvalue weighted by molar-refractivity contribution is 5.66. The van der Waals surface area contributed by atoms with Crippen molar-refractivity contribution in [3.05, 3.63) is 0 Å². The van der Waals surface area contributed by atoms with Crippen molar-refractivity contribution >= 4 is 5.97 Å². The maximum atomic E-state index is 11.8. The molecule has 31 heavy (non-hydrogen) atoms. The van der Waals surface area contributed by atoms with Crippen LogP contribution in [-0.4, -0.2) is 33.5 Å². The molecule has 11 atom stereocenters. The monoisotopic (exact) mass is 434 g/mol. The number of carbonyl (C=O) groups is 1. The Morgan fingerprint density at radius 3 is 2.35 bits per heavy atom. The van der Waals surface area contributed by atoms with Crippen LogP contribution in [0.25, 0.3) is 0 Å². The van der Waals surface area contributed by atoms with Gasteiger partial charge in [0.2, 0.25) is 0 Å². The van der Waals surface area contributed by atoms with E-state index in [1.807, 2.05) is 0 Å². The second-order valence-electron chi connectivity index (χ2n) is 12.4. The zero-order chi connectivity index (χ0) is 22.6. The van der Waals surface area contributed by atoms with E-state index >= 15 is 0 Å². The molecule has 0 aliphatic heterocycles. The van der Waals surface area contributed by atoms with Gasteiger partial charge in [-0.05, 0) is 110 Å². The van der Waals surface area contributed by atoms with E-state index < -0.39 is 5.97 Å². The zero-order valence-electron chi connectivity index (χ0n) is 20.2. The van der Waals surface area contributed by atoms with Gasteiger partial charge in [0.25, 0.3) is 0 Å². The molecule has 0 spiro atoms. The van der Waals surface area contributed by atoms with Gasteiger partial charge in [0.05, 0.1) is 12.2 Å². The van der Waals surface area contributed by atoms with Gasteiger partial charge in [-0.1, -0.05) is 34.1 Å². The minimum atomic E-state index is -0.682. The highest BCUT2D eigenvalue weighted by atomic mass is 16.4. The van der Waals surface area contributed by atoms with Gasteiger partial charge in [0, 0.05) is 6.42 Å². The van der Waals surface area contributed by atoms with E-state index in [1.165, 1.54) is 25.7 Å². The number of rotatable bonds is 6. The number of carboxylic acids is 1. The van der Waals surface area contributed by atoms with Crippen LogP contribution in [0.1, 0.15) is 98.3 Å². The summed E-state index contributed by atoms with van der Waals surface area (Å²) in [7, 11) is 0. The fourth-order valence-corrected chi connectivity index (χ4v) is 9.66. The lowest BCUT2D eigenvalue weighted by Gasteiger charge is -2.65. The SMILES string of the molecule is CCC[C@@H]1[C@H](O)C2C3CCC([C@H](C)CCC(=O)O)[C@@]3(C)CCC2[C@@]2(C)CC[C@@H](O)C[C@@H]12. The van der Waals surface area contributed by atoms with Crippen molar-refractivity contribution in [3.63, 3.8) is 0 Å². The van der Waals surface area contributed by atoms with E-state index in [2.05, 4.69) is 27.7 Å². The Kier molecular flexibility index (Phi) is 6.55. The van der Waals surface area contributed by atoms with E-state index in [0.29, 0.717) is 41.4 Å². The molecule has 0 aromatic carbocycles. The first-order valence-electron chi connectivity index (χ1n) is 13.2. The van der Waals surface area contributed by atoms with E-state index in [9.17, 15) is 20.1 Å². The molecule has 0 bridgehead atoms. The van der Waals surface area contributed by atoms with Crippen LogP contribution in [0.2, 0.25) is 0 Å². The second kappa shape index (κ2) is 8.63. The Morgan fingerprint density at radius 2 is 1.68 bits per heavy atom. The van der Waals surface area contributed by atoms with Gasteiger partial charge < -0.3 is 15.3 Å². The number of hydrogen-bond donors (Lipinski definition) is 3. The predicted molar refractivity (Wildman–Crippen MR) is 122 cm³/mol. The summed E-state index contributed by atoms with van der Waals surface area (Å²) in [5, 5.41) is 31.5. The summed E-state index contributed by atoms with van der Waals surface area (Å²) in [5.41, 5.74) is 0.478. The molecule has 4 fully saturated rings. The van der Waals surface area contributed by atoms with Gasteiger partial charge in [-0.2, -0.15) is 0 Å². The molecule has 4 aliphatic rings. The van der Waals surface area contributed by atoms with Crippen LogP contribution in [0.4, 0.5) is 0 Å². The lowest BCUT2D eigenvalue weighted by Crippen LogP contribution is -2.62. The fourth-order valence-electron chi connectivity index (χ4n) is 9.66. The molecule has 178 valence electrons. The van der Waals surface area contributed by atoms with Crippen molar-refractivity contribution in [3.8, 4) is 0 Å². The average molecular weight is 435 g/mol. The summed E-state index contributed by atoms with van der Waals surface area (Å²) < 4.78 is 0. The lowest BCUT2D eigenvalue weighted by atomic mass is 9.41. The topological polar surface area (TPSA) is 77.8 Å². The van der Waals surface area contributed by atoms with Gasteiger partial charge in [0.1, 0.15) is 0 Å². The normalized spacial score (nSPS) is 50.3. The molecule has 4 aliphatic carbocycles. The van der Waals surface area contributed by atoms with Crippen LogP contribution < -0.4 is 0 Å². The van der Waals surface area contributed by atoms with Crippen LogP contribution in [0.3, 0.4) is 0 Å². The molecule has 0 heterocycles. The van der Waals surface area contributed by atoms with Crippen LogP contribution in [0, 0.1) is 52.3 Å². The van der Waals surface area contributed by atoms with Gasteiger partial charge >= 0.3 is 5.97 Å². The molecule has 4 rings (SSSR count). The smallest absolute Gasteiger partial charge is 0.303 e. The summed E-state index contributed by atoms with van der Waals surface area (Å²) >= 11 is 0. The number of fused-ring (bicyclic) bond motifs is 5. The van der Waals surface area contributed by atoms with Crippen molar-refractivity contribution in [1.29, 1.82) is 0 Å². The van der Waals surface area contributed by atoms with E-state index in [0.717, 1.165) is 38.5 Å². The number of aliphatic carboxylic acids is 1. The lowest BCUT2D eigenvalue weighted by molar-refractivity contribution is -0.204. The molecular formula is C27H46O4. The molecule has 0 amide bonds. The van der Waals surface area contributed by atoms with Gasteiger partial charge in [-0.3, -0.25) is 4.79 Å². The number of aliphatic hydroxyl groups excluding tert-OH is 2. The van der Waals surface area contributed by atoms with Crippen LogP contribution in [0.15, 0.2) is 0 Å². The molecule has 3 N–H and O–H groups in total. The second-order valence-corrected chi connectivity index (χ2v) is 12.4. The fraction of sp³-hybridized carbons (Fsp3) is 0.963. The Morgan fingerprint density at radius 1 is 1.00 bits per heavy atom. The minimum absolute atomic E-state index is 0.194. The number of aliphatic hydroxyl groups is 2. The van der Waals surface area contributed by atoms with Crippen molar-refractivity contribution in [2.45, 2.75) is 111 Å². The van der Waals surface area contributed by atoms with E-state index in [-0.39, 0.29) is 29.5 Å². The molecule has 4 unspecified atom stereocenters. The summed E-state index contributed by atoms with van der Waals surface area (Å²) in [6.45, 7) is 9.48. The van der Waals surface area contributed by atoms with Crippen molar-refractivity contribution in [1.82, 2.24) is 0 Å². The molecule has 0 radical (unpaired) electrons. The Hall–Kier alpha value is -0.610. The standard InChI is InChI=1S/C27H46O4/c1-5-6-18-22-15-17(28)11-13-27(22,4)21-12-14-26(3)19(16(2)7-10-23(29)30)8-9-20(26)24(21)25(18)31/h16-22,24-25,28,31H,5-15H2,1-4H3,(H,29,30)/t16-,17-,18+,19?,20?,21?,22+,24?,25+,26-,27-/m1/s1. The van der Waals surface area contributed by atoms with Crippen molar-refractivity contribution in [2.75, 3.05) is 0 Å². The van der Waals surface area contributed by atoms with E-state index in [1.54, 1.807) is 0 Å². The third kappa shape index (κ3) is 3.78. The Balaban J connectivity index is 1.62. The first-order chi connectivity index (χ1) is 14.6. The molecular weight excluding hydrogens is 388 g/mol. The van der Waals surface area contributed by atoms with Gasteiger partial charge in [-0.25, -0.2) is 0 Å². The molecule has 0 aromatic heterocycles. The summed E-state index contributed by atoms with van der Waals surface area (Å²) in [6, 6.07) is 0. The van der Waals surface area contributed by atoms with Crippen LogP contribution >= 0.6 is 0 Å². The molecule has 0 aromatic rings. The summed E-state index contributed by atoms with van der Waals surface area (Å²) in [6.07, 6.45) is 10.5. The first-order valence-corrected chi connectivity index (χ1v) is 13.2. The Labute approximate surface area is 189 Å². The number of carboxylic acid groups (broad SMARTS) is 1. The maximum absolute atomic E-state index is 11.8. The average Bonchev–Trinajstić information content (AvgIpc) is 3.07. The van der Waals surface area contributed by atoms with Gasteiger partial charge in [0.15, 0.2) is 0 Å². The third-order valence-corrected chi connectivity index (χ3v) is 11.1. The van der Waals surface area contributed by atoms with E-state index in [4.69, 9.17) is 0 Å². The molecule has 4 saturated carbocycles. The highest BCUT2D eigenvalue weighted by Gasteiger charge is 2.64. The quantitative estimate of drug-likeness (QED) is 0.515. The van der Waals surface area contributed by atoms with Crippen molar-refractivity contribution < 1.29 is 20.1 Å². The largest absolute Gasteiger partial charge is 0.481 e. The molecule has 4 heteroatoms. The first kappa shape index (κ1) is 23.5. The summed E-state index contributed by atoms with van der Waals surface area (Å²) in [4.78, 5) is 11.2. The third-order valence-electron chi connectivity index (χ3n) is 11.1. The summed E-state index contributed by atoms with van der Waals surface area (Å²) in [5.74, 6) is 2.60. The molecule has 4 nitrogen and oxygen atoms in total. The van der Waals surface area contributed by atoms with Crippen LogP contribution in [0.5, 0.6) is 0 Å². The Bertz CT molecular complexity index is 664. The van der Waals surface area contributed by atoms with Crippen molar-refractivity contribution in [2.24, 2.45) is 52.3 Å². The zero-order valence-corrected chi connectivity index (χ0v) is 20.2. The highest BCUT2D eigenvalue weighted by Crippen LogP contribution is 2.69. The minimum Gasteiger partial charge on any atom is -0.481 e. The molecule has 0 saturated heterocycles. The number of hydrogen-bond acceptors (Lipinski definition) is 3. The predicted octanol–water partition coefficient (Wildman–Crippen LogP) is 5.50. The van der Waals surface area contributed by atoms with Gasteiger partial charge in [-0.15, -0.1) is 0 Å². The maximum Gasteiger partial charge on any atom is 0.303 e.